The van der Waals surface area contributed by atoms with E-state index in [1.165, 1.54) is 23.5 Å². The van der Waals surface area contributed by atoms with Crippen LogP contribution in [0.15, 0.2) is 57.1 Å². The molecular formula is C20H19N5O2S2. The Morgan fingerprint density at radius 1 is 1.24 bits per heavy atom. The number of nitrogens with one attached hydrogen (secondary N) is 1. The van der Waals surface area contributed by atoms with E-state index in [0.29, 0.717) is 29.1 Å². The minimum atomic E-state index is -0.125. The lowest BCUT2D eigenvalue weighted by Gasteiger charge is -2.10. The molecule has 1 aromatic carbocycles. The zero-order valence-electron chi connectivity index (χ0n) is 15.6. The van der Waals surface area contributed by atoms with Gasteiger partial charge in [-0.15, -0.1) is 22.0 Å². The third-order valence-electron chi connectivity index (χ3n) is 4.37. The molecule has 1 amide bonds. The number of anilines is 1. The fourth-order valence-corrected chi connectivity index (χ4v) is 4.29. The number of amides is 1. The van der Waals surface area contributed by atoms with Crippen molar-refractivity contribution in [2.24, 2.45) is 0 Å². The topological polar surface area (TPSA) is 96.7 Å². The number of thioether (sulfide) groups is 2. The van der Waals surface area contributed by atoms with Gasteiger partial charge in [0.05, 0.1) is 36.1 Å². The molecule has 0 atom stereocenters. The predicted octanol–water partition coefficient (Wildman–Crippen LogP) is 4.14. The molecule has 9 heteroatoms. The van der Waals surface area contributed by atoms with Gasteiger partial charge in [0.2, 0.25) is 5.91 Å². The lowest BCUT2D eigenvalue weighted by Crippen LogP contribution is -2.15. The molecule has 0 spiro atoms. The Kier molecular flexibility index (Phi) is 6.22. The van der Waals surface area contributed by atoms with E-state index >= 15 is 0 Å². The Balaban J connectivity index is 1.42. The molecule has 1 aliphatic carbocycles. The van der Waals surface area contributed by atoms with Gasteiger partial charge in [0, 0.05) is 10.8 Å². The number of carbonyl (C=O) groups excluding carboxylic acids is 1. The number of aromatic nitrogens is 3. The SMILES string of the molecule is N#CCSc1ccccc1NC(=O)CSc1nnc(C2CC2)n1Cc1ccco1. The summed E-state index contributed by atoms with van der Waals surface area (Å²) < 4.78 is 7.52. The average molecular weight is 426 g/mol. The Hall–Kier alpha value is -2.70. The normalized spacial score (nSPS) is 13.2. The van der Waals surface area contributed by atoms with Gasteiger partial charge in [-0.25, -0.2) is 0 Å². The van der Waals surface area contributed by atoms with E-state index in [9.17, 15) is 4.79 Å². The molecule has 0 radical (unpaired) electrons. The Labute approximate surface area is 176 Å². The summed E-state index contributed by atoms with van der Waals surface area (Å²) >= 11 is 2.76. The molecule has 0 unspecified atom stereocenters. The molecule has 4 rings (SSSR count). The van der Waals surface area contributed by atoms with E-state index in [0.717, 1.165) is 29.3 Å². The number of nitrogens with zero attached hydrogens (tertiary/aromatic N) is 4. The Bertz CT molecular complexity index is 1020. The third kappa shape index (κ3) is 5.02. The first-order chi connectivity index (χ1) is 14.2. The van der Waals surface area contributed by atoms with Crippen LogP contribution in [0.4, 0.5) is 5.69 Å². The van der Waals surface area contributed by atoms with Gasteiger partial charge in [-0.3, -0.25) is 9.36 Å². The minimum Gasteiger partial charge on any atom is -0.467 e. The maximum Gasteiger partial charge on any atom is 0.234 e. The number of nitriles is 1. The van der Waals surface area contributed by atoms with Crippen LogP contribution in [-0.2, 0) is 11.3 Å². The molecule has 2 aromatic heterocycles. The summed E-state index contributed by atoms with van der Waals surface area (Å²) in [5, 5.41) is 21.1. The second kappa shape index (κ2) is 9.20. The molecule has 0 saturated heterocycles. The van der Waals surface area contributed by atoms with Crippen LogP contribution in [0.2, 0.25) is 0 Å². The fraction of sp³-hybridized carbons (Fsp3) is 0.300. The maximum absolute atomic E-state index is 12.5. The summed E-state index contributed by atoms with van der Waals surface area (Å²) in [6, 6.07) is 13.4. The van der Waals surface area contributed by atoms with Crippen LogP contribution < -0.4 is 5.32 Å². The number of rotatable bonds is 9. The molecule has 148 valence electrons. The zero-order valence-corrected chi connectivity index (χ0v) is 17.2. The van der Waals surface area contributed by atoms with Gasteiger partial charge in [-0.1, -0.05) is 23.9 Å². The van der Waals surface area contributed by atoms with Gasteiger partial charge >= 0.3 is 0 Å². The van der Waals surface area contributed by atoms with Crippen molar-refractivity contribution >= 4 is 35.1 Å². The van der Waals surface area contributed by atoms with Crippen molar-refractivity contribution in [3.8, 4) is 6.07 Å². The van der Waals surface area contributed by atoms with Crippen LogP contribution in [0.5, 0.6) is 0 Å². The van der Waals surface area contributed by atoms with Gasteiger partial charge in [0.15, 0.2) is 5.16 Å². The Morgan fingerprint density at radius 2 is 2.10 bits per heavy atom. The number of para-hydroxylation sites is 1. The van der Waals surface area contributed by atoms with Crippen molar-refractivity contribution in [2.45, 2.75) is 35.4 Å². The molecular weight excluding hydrogens is 406 g/mol. The number of hydrogen-bond donors (Lipinski definition) is 1. The van der Waals surface area contributed by atoms with E-state index < -0.39 is 0 Å². The monoisotopic (exact) mass is 425 g/mol. The highest BCUT2D eigenvalue weighted by Gasteiger charge is 2.30. The number of hydrogen-bond acceptors (Lipinski definition) is 7. The zero-order chi connectivity index (χ0) is 20.1. The summed E-state index contributed by atoms with van der Waals surface area (Å²) in [6.07, 6.45) is 3.90. The largest absolute Gasteiger partial charge is 0.467 e. The molecule has 29 heavy (non-hydrogen) atoms. The van der Waals surface area contributed by atoms with E-state index in [4.69, 9.17) is 9.68 Å². The first kappa shape index (κ1) is 19.6. The maximum atomic E-state index is 12.5. The highest BCUT2D eigenvalue weighted by molar-refractivity contribution is 8.00. The van der Waals surface area contributed by atoms with Crippen LogP contribution in [-0.4, -0.2) is 32.2 Å². The van der Waals surface area contributed by atoms with E-state index in [2.05, 4.69) is 21.6 Å². The smallest absolute Gasteiger partial charge is 0.234 e. The van der Waals surface area contributed by atoms with E-state index in [1.807, 2.05) is 41.0 Å². The van der Waals surface area contributed by atoms with Crippen LogP contribution in [0.1, 0.15) is 30.3 Å². The lowest BCUT2D eigenvalue weighted by molar-refractivity contribution is -0.113. The van der Waals surface area contributed by atoms with Gasteiger partial charge in [0.1, 0.15) is 11.6 Å². The molecule has 1 aliphatic rings. The molecule has 1 N–H and O–H groups in total. The highest BCUT2D eigenvalue weighted by Crippen LogP contribution is 2.40. The van der Waals surface area contributed by atoms with Crippen LogP contribution in [0.3, 0.4) is 0 Å². The second-order valence-corrected chi connectivity index (χ2v) is 8.52. The summed E-state index contributed by atoms with van der Waals surface area (Å²) in [5.41, 5.74) is 0.717. The Morgan fingerprint density at radius 3 is 2.86 bits per heavy atom. The number of furan rings is 1. The minimum absolute atomic E-state index is 0.125. The summed E-state index contributed by atoms with van der Waals surface area (Å²) in [7, 11) is 0. The van der Waals surface area contributed by atoms with Crippen molar-refractivity contribution in [3.05, 3.63) is 54.2 Å². The number of carbonyl (C=O) groups is 1. The standard InChI is InChI=1S/C20H19N5O2S2/c21-9-11-28-17-6-2-1-5-16(17)22-18(26)13-29-20-24-23-19(14-7-8-14)25(20)12-15-4-3-10-27-15/h1-6,10,14H,7-8,11-13H2,(H,22,26). The van der Waals surface area contributed by atoms with Crippen LogP contribution >= 0.6 is 23.5 Å². The lowest BCUT2D eigenvalue weighted by atomic mass is 10.3. The quantitative estimate of drug-likeness (QED) is 0.515. The van der Waals surface area contributed by atoms with E-state index in [-0.39, 0.29) is 11.7 Å². The first-order valence-corrected chi connectivity index (χ1v) is 11.2. The fourth-order valence-electron chi connectivity index (χ4n) is 2.88. The molecule has 0 bridgehead atoms. The predicted molar refractivity (Wildman–Crippen MR) is 112 cm³/mol. The molecule has 7 nitrogen and oxygen atoms in total. The average Bonchev–Trinajstić information content (AvgIpc) is 3.29. The molecule has 2 heterocycles. The van der Waals surface area contributed by atoms with Gasteiger partial charge in [-0.2, -0.15) is 5.26 Å². The van der Waals surface area contributed by atoms with Crippen molar-refractivity contribution in [1.29, 1.82) is 5.26 Å². The summed E-state index contributed by atoms with van der Waals surface area (Å²) in [5.74, 6) is 2.67. The first-order valence-electron chi connectivity index (χ1n) is 9.21. The van der Waals surface area contributed by atoms with Crippen molar-refractivity contribution < 1.29 is 9.21 Å². The van der Waals surface area contributed by atoms with Crippen LogP contribution in [0, 0.1) is 11.3 Å². The van der Waals surface area contributed by atoms with Crippen molar-refractivity contribution in [3.63, 3.8) is 0 Å². The summed E-state index contributed by atoms with van der Waals surface area (Å²) in [6.45, 7) is 0.559. The highest BCUT2D eigenvalue weighted by atomic mass is 32.2. The molecule has 1 fully saturated rings. The van der Waals surface area contributed by atoms with Crippen molar-refractivity contribution in [1.82, 2.24) is 14.8 Å². The molecule has 3 aromatic rings. The van der Waals surface area contributed by atoms with Gasteiger partial charge in [0.25, 0.3) is 0 Å². The second-order valence-electron chi connectivity index (χ2n) is 6.56. The molecule has 0 aliphatic heterocycles. The summed E-state index contributed by atoms with van der Waals surface area (Å²) in [4.78, 5) is 13.4. The van der Waals surface area contributed by atoms with Crippen molar-refractivity contribution in [2.75, 3.05) is 16.8 Å². The van der Waals surface area contributed by atoms with E-state index in [1.54, 1.807) is 6.26 Å². The van der Waals surface area contributed by atoms with Crippen LogP contribution in [0.25, 0.3) is 0 Å². The number of benzene rings is 1. The molecule has 1 saturated carbocycles. The van der Waals surface area contributed by atoms with Gasteiger partial charge < -0.3 is 9.73 Å². The third-order valence-corrected chi connectivity index (χ3v) is 6.27. The van der Waals surface area contributed by atoms with Gasteiger partial charge in [-0.05, 0) is 37.1 Å².